The predicted octanol–water partition coefficient (Wildman–Crippen LogP) is 5.38. The van der Waals surface area contributed by atoms with Crippen LogP contribution in [0, 0.1) is 0 Å². The highest BCUT2D eigenvalue weighted by Crippen LogP contribution is 2.41. The average molecular weight is 499 g/mol. The molecule has 2 N–H and O–H groups in total. The SMILES string of the molecule is OB(O)c1cn(C(c2ccccc2)(c2ccccc2)c2ccccc2)nc1-c1ccc(Cl)cc1Cl. The minimum Gasteiger partial charge on any atom is -0.423 e. The zero-order valence-corrected chi connectivity index (χ0v) is 20.1. The van der Waals surface area contributed by atoms with Crippen LogP contribution in [-0.2, 0) is 5.54 Å². The van der Waals surface area contributed by atoms with Gasteiger partial charge in [-0.15, -0.1) is 0 Å². The van der Waals surface area contributed by atoms with Crippen LogP contribution in [0.3, 0.4) is 0 Å². The van der Waals surface area contributed by atoms with E-state index in [0.717, 1.165) is 16.7 Å². The second-order valence-corrected chi connectivity index (χ2v) is 9.03. The van der Waals surface area contributed by atoms with Gasteiger partial charge in [-0.25, -0.2) is 0 Å². The number of rotatable bonds is 6. The van der Waals surface area contributed by atoms with Crippen LogP contribution in [0.2, 0.25) is 10.0 Å². The van der Waals surface area contributed by atoms with Crippen molar-refractivity contribution in [3.8, 4) is 11.3 Å². The molecule has 7 heteroatoms. The van der Waals surface area contributed by atoms with Crippen LogP contribution in [0.25, 0.3) is 11.3 Å². The van der Waals surface area contributed by atoms with Gasteiger partial charge in [0.2, 0.25) is 0 Å². The lowest BCUT2D eigenvalue weighted by Gasteiger charge is -2.36. The Labute approximate surface area is 214 Å². The average Bonchev–Trinajstić information content (AvgIpc) is 3.32. The third-order valence-electron chi connectivity index (χ3n) is 6.13. The largest absolute Gasteiger partial charge is 0.492 e. The Balaban J connectivity index is 1.88. The Morgan fingerprint density at radius 2 is 1.17 bits per heavy atom. The van der Waals surface area contributed by atoms with Crippen molar-refractivity contribution in [2.45, 2.75) is 5.54 Å². The molecule has 0 unspecified atom stereocenters. The molecule has 0 aliphatic carbocycles. The van der Waals surface area contributed by atoms with Crippen molar-refractivity contribution in [1.82, 2.24) is 9.78 Å². The maximum Gasteiger partial charge on any atom is 0.492 e. The van der Waals surface area contributed by atoms with Gasteiger partial charge in [0.15, 0.2) is 0 Å². The van der Waals surface area contributed by atoms with Gasteiger partial charge < -0.3 is 10.0 Å². The summed E-state index contributed by atoms with van der Waals surface area (Å²) in [7, 11) is -1.76. The van der Waals surface area contributed by atoms with E-state index in [2.05, 4.69) is 0 Å². The van der Waals surface area contributed by atoms with Gasteiger partial charge in [-0.1, -0.05) is 114 Å². The molecule has 0 aliphatic heterocycles. The minimum atomic E-state index is -1.76. The predicted molar refractivity (Wildman–Crippen MR) is 142 cm³/mol. The molecule has 1 aromatic heterocycles. The van der Waals surface area contributed by atoms with Crippen molar-refractivity contribution < 1.29 is 10.0 Å². The fourth-order valence-corrected chi connectivity index (χ4v) is 5.07. The van der Waals surface area contributed by atoms with Crippen molar-refractivity contribution in [3.05, 3.63) is 142 Å². The number of hydrogen-bond donors (Lipinski definition) is 2. The quantitative estimate of drug-likeness (QED) is 0.244. The Hall–Kier alpha value is -3.35. The molecule has 172 valence electrons. The van der Waals surface area contributed by atoms with Crippen LogP contribution >= 0.6 is 23.2 Å². The first-order valence-electron chi connectivity index (χ1n) is 11.1. The molecular weight excluding hydrogens is 478 g/mol. The van der Waals surface area contributed by atoms with E-state index in [-0.39, 0.29) is 5.46 Å². The highest BCUT2D eigenvalue weighted by Gasteiger charge is 2.40. The Morgan fingerprint density at radius 1 is 0.686 bits per heavy atom. The molecule has 35 heavy (non-hydrogen) atoms. The normalized spacial score (nSPS) is 11.4. The Morgan fingerprint density at radius 3 is 1.60 bits per heavy atom. The van der Waals surface area contributed by atoms with Crippen LogP contribution in [0.1, 0.15) is 16.7 Å². The molecule has 5 aromatic rings. The van der Waals surface area contributed by atoms with Gasteiger partial charge in [0.25, 0.3) is 0 Å². The van der Waals surface area contributed by atoms with Crippen LogP contribution in [0.15, 0.2) is 115 Å². The smallest absolute Gasteiger partial charge is 0.423 e. The number of nitrogens with zero attached hydrogens (tertiary/aromatic N) is 2. The maximum atomic E-state index is 10.3. The molecule has 0 radical (unpaired) electrons. The Bertz CT molecular complexity index is 1350. The van der Waals surface area contributed by atoms with E-state index in [1.165, 1.54) is 0 Å². The fraction of sp³-hybridized carbons (Fsp3) is 0.0357. The molecule has 0 bridgehead atoms. The molecule has 0 aliphatic rings. The fourth-order valence-electron chi connectivity index (χ4n) is 4.57. The molecule has 0 spiro atoms. The summed E-state index contributed by atoms with van der Waals surface area (Å²) in [5.74, 6) is 0. The van der Waals surface area contributed by atoms with Crippen molar-refractivity contribution in [1.29, 1.82) is 0 Å². The zero-order chi connectivity index (χ0) is 24.4. The van der Waals surface area contributed by atoms with Crippen LogP contribution < -0.4 is 5.46 Å². The second kappa shape index (κ2) is 9.72. The summed E-state index contributed by atoms with van der Waals surface area (Å²) < 4.78 is 1.79. The van der Waals surface area contributed by atoms with Crippen LogP contribution in [-0.4, -0.2) is 26.9 Å². The summed E-state index contributed by atoms with van der Waals surface area (Å²) in [5, 5.41) is 26.5. The van der Waals surface area contributed by atoms with Gasteiger partial charge in [0.05, 0.1) is 10.7 Å². The second-order valence-electron chi connectivity index (χ2n) is 8.18. The lowest BCUT2D eigenvalue weighted by Crippen LogP contribution is -2.39. The van der Waals surface area contributed by atoms with E-state index in [1.54, 1.807) is 29.1 Å². The van der Waals surface area contributed by atoms with E-state index < -0.39 is 12.7 Å². The van der Waals surface area contributed by atoms with Crippen molar-refractivity contribution in [3.63, 3.8) is 0 Å². The summed E-state index contributed by atoms with van der Waals surface area (Å²) >= 11 is 12.6. The van der Waals surface area contributed by atoms with E-state index >= 15 is 0 Å². The summed E-state index contributed by atoms with van der Waals surface area (Å²) in [5.41, 5.74) is 3.16. The van der Waals surface area contributed by atoms with Crippen molar-refractivity contribution in [2.24, 2.45) is 0 Å². The number of benzene rings is 4. The van der Waals surface area contributed by atoms with E-state index in [9.17, 15) is 10.0 Å². The molecule has 0 fully saturated rings. The minimum absolute atomic E-state index is 0.237. The van der Waals surface area contributed by atoms with Crippen LogP contribution in [0.5, 0.6) is 0 Å². The first-order chi connectivity index (χ1) is 17.0. The van der Waals surface area contributed by atoms with E-state index in [4.69, 9.17) is 28.3 Å². The number of halogens is 2. The van der Waals surface area contributed by atoms with Gasteiger partial charge in [0, 0.05) is 22.2 Å². The van der Waals surface area contributed by atoms with E-state index in [0.29, 0.717) is 21.3 Å². The monoisotopic (exact) mass is 498 g/mol. The third-order valence-corrected chi connectivity index (χ3v) is 6.67. The summed E-state index contributed by atoms with van der Waals surface area (Å²) in [4.78, 5) is 0. The molecule has 4 aromatic carbocycles. The summed E-state index contributed by atoms with van der Waals surface area (Å²) in [6.07, 6.45) is 1.68. The van der Waals surface area contributed by atoms with Crippen molar-refractivity contribution in [2.75, 3.05) is 0 Å². The van der Waals surface area contributed by atoms with E-state index in [1.807, 2.05) is 91.0 Å². The maximum absolute atomic E-state index is 10.3. The highest BCUT2D eigenvalue weighted by molar-refractivity contribution is 6.60. The van der Waals surface area contributed by atoms with Gasteiger partial charge in [-0.05, 0) is 34.9 Å². The van der Waals surface area contributed by atoms with Crippen molar-refractivity contribution >= 4 is 35.8 Å². The van der Waals surface area contributed by atoms with Crippen LogP contribution in [0.4, 0.5) is 0 Å². The molecule has 5 rings (SSSR count). The topological polar surface area (TPSA) is 58.3 Å². The molecule has 4 nitrogen and oxygen atoms in total. The zero-order valence-electron chi connectivity index (χ0n) is 18.6. The summed E-state index contributed by atoms with van der Waals surface area (Å²) in [6, 6.07) is 35.1. The van der Waals surface area contributed by atoms with Gasteiger partial charge in [-0.3, -0.25) is 4.68 Å². The van der Waals surface area contributed by atoms with Gasteiger partial charge in [0.1, 0.15) is 5.54 Å². The first kappa shape index (κ1) is 23.4. The lowest BCUT2D eigenvalue weighted by atomic mass is 9.76. The number of hydrogen-bond acceptors (Lipinski definition) is 3. The molecule has 0 saturated heterocycles. The molecule has 0 saturated carbocycles. The molecule has 0 atom stereocenters. The first-order valence-corrected chi connectivity index (χ1v) is 11.9. The molecule has 0 amide bonds. The van der Waals surface area contributed by atoms with Gasteiger partial charge >= 0.3 is 7.12 Å². The lowest BCUT2D eigenvalue weighted by molar-refractivity contribution is 0.425. The molecule has 1 heterocycles. The number of aromatic nitrogens is 2. The third kappa shape index (κ3) is 4.17. The Kier molecular flexibility index (Phi) is 6.50. The molecular formula is C28H21BCl2N2O2. The highest BCUT2D eigenvalue weighted by atomic mass is 35.5. The standard InChI is InChI=1S/C28H21BCl2N2O2/c30-23-16-17-24(26(31)18-23)27-25(29(34)35)19-33(32-27)28(20-10-4-1-5-11-20,21-12-6-2-7-13-21)22-14-8-3-9-15-22/h1-19,34-35H. The summed E-state index contributed by atoms with van der Waals surface area (Å²) in [6.45, 7) is 0. The van der Waals surface area contributed by atoms with Gasteiger partial charge in [-0.2, -0.15) is 5.10 Å².